The van der Waals surface area contributed by atoms with E-state index in [0.717, 1.165) is 128 Å². The van der Waals surface area contributed by atoms with Crippen LogP contribution in [-0.2, 0) is 42.2 Å². The van der Waals surface area contributed by atoms with Crippen LogP contribution in [0.25, 0.3) is 0 Å². The van der Waals surface area contributed by atoms with Crippen LogP contribution in [0, 0.1) is 0 Å². The maximum Gasteiger partial charge on any atom is 0.472 e. The summed E-state index contributed by atoms with van der Waals surface area (Å²) in [5, 5.41) is 9.78. The molecule has 0 radical (unpaired) electrons. The van der Waals surface area contributed by atoms with Crippen LogP contribution < -0.4 is 0 Å². The number of phosphoric acid groups is 1. The van der Waals surface area contributed by atoms with Crippen LogP contribution in [-0.4, -0.2) is 66.5 Å². The summed E-state index contributed by atoms with van der Waals surface area (Å²) in [6.07, 6.45) is 61.7. The smallest absolute Gasteiger partial charge is 0.462 e. The molecule has 12 heteroatoms. The minimum absolute atomic E-state index is 0.124. The highest BCUT2D eigenvalue weighted by Crippen LogP contribution is 2.43. The van der Waals surface area contributed by atoms with E-state index in [1.54, 1.807) is 0 Å². The van der Waals surface area contributed by atoms with Crippen LogP contribution in [0.2, 0.25) is 0 Å². The first kappa shape index (κ1) is 65.9. The lowest BCUT2D eigenvalue weighted by Gasteiger charge is -2.21. The zero-order chi connectivity index (χ0) is 51.3. The van der Waals surface area contributed by atoms with Gasteiger partial charge in [0.25, 0.3) is 0 Å². The molecular formula is C58H93O11P. The highest BCUT2D eigenvalue weighted by molar-refractivity contribution is 7.47. The summed E-state index contributed by atoms with van der Waals surface area (Å²) in [6.45, 7) is 4.17. The molecule has 0 aromatic heterocycles. The zero-order valence-electron chi connectivity index (χ0n) is 43.4. The van der Waals surface area contributed by atoms with Gasteiger partial charge < -0.3 is 24.2 Å². The average Bonchev–Trinajstić information content (AvgIpc) is 3.35. The van der Waals surface area contributed by atoms with Crippen molar-refractivity contribution in [3.05, 3.63) is 122 Å². The molecule has 3 unspecified atom stereocenters. The van der Waals surface area contributed by atoms with E-state index >= 15 is 0 Å². The zero-order valence-corrected chi connectivity index (χ0v) is 44.3. The van der Waals surface area contributed by atoms with E-state index in [9.17, 15) is 28.9 Å². The first-order valence-corrected chi connectivity index (χ1v) is 27.9. The molecular weight excluding hydrogens is 904 g/mol. The third kappa shape index (κ3) is 48.9. The molecule has 0 aromatic carbocycles. The van der Waals surface area contributed by atoms with Gasteiger partial charge in [-0.15, -0.1) is 0 Å². The summed E-state index contributed by atoms with van der Waals surface area (Å²) in [5.74, 6) is -1.58. The Morgan fingerprint density at radius 3 is 1.07 bits per heavy atom. The largest absolute Gasteiger partial charge is 0.472 e. The summed E-state index contributed by atoms with van der Waals surface area (Å²) in [4.78, 5) is 48.4. The lowest BCUT2D eigenvalue weighted by Crippen LogP contribution is -2.30. The van der Waals surface area contributed by atoms with E-state index in [2.05, 4.69) is 142 Å². The Morgan fingerprint density at radius 2 is 0.700 bits per heavy atom. The molecule has 0 aliphatic heterocycles. The molecule has 0 aliphatic carbocycles. The molecule has 2 N–H and O–H groups in total. The van der Waals surface area contributed by atoms with Crippen molar-refractivity contribution in [1.82, 2.24) is 0 Å². The quantitative estimate of drug-likeness (QED) is 0.0197. The number of phosphoric ester groups is 1. The summed E-state index contributed by atoms with van der Waals surface area (Å²) in [6, 6.07) is 0. The van der Waals surface area contributed by atoms with Crippen molar-refractivity contribution in [3.63, 3.8) is 0 Å². The van der Waals surface area contributed by atoms with Crippen LogP contribution in [0.3, 0.4) is 0 Å². The van der Waals surface area contributed by atoms with Crippen molar-refractivity contribution in [2.24, 2.45) is 0 Å². The molecule has 0 saturated heterocycles. The number of aliphatic hydroxyl groups excluding tert-OH is 1. The fraction of sp³-hybridized carbons (Fsp3) is 0.603. The Morgan fingerprint density at radius 1 is 0.400 bits per heavy atom. The van der Waals surface area contributed by atoms with Gasteiger partial charge in [-0.2, -0.15) is 0 Å². The van der Waals surface area contributed by atoms with E-state index in [1.165, 1.54) is 0 Å². The maximum absolute atomic E-state index is 12.9. The SMILES string of the molecule is CC/C=C\C/C=C\C/C=C\C/C=C\CCCCCCC(=O)OC(COC(=O)CCCCC/C=C\C/C=C\C/C=C\CC)COP(=O)(O)OCC(CO)OC(=O)CCCCC/C=C\C/C=C\C/C=C\CC. The second kappa shape index (κ2) is 51.2. The Hall–Kier alpha value is -4.12. The molecule has 0 bridgehead atoms. The standard InChI is InChI=1S/C58H93O11P/c1-4-7-10-13-16-19-22-25-26-27-28-31-34-37-40-43-46-49-58(62)69-55(51-65-56(60)47-44-41-38-35-32-29-23-20-17-14-11-8-5-2)53-67-70(63,64)66-52-54(50-59)68-57(61)48-45-42-39-36-33-30-24-21-18-15-12-9-6-3/h7-12,16-21,25-26,28-33,54-55,59H,4-6,13-15,22-24,27,34-53H2,1-3H3,(H,63,64)/b10-7-,11-8-,12-9-,19-16-,20-17-,21-18-,26-25-,31-28-,32-29-,33-30-. The number of ether oxygens (including phenoxy) is 3. The van der Waals surface area contributed by atoms with Crippen LogP contribution in [0.5, 0.6) is 0 Å². The minimum Gasteiger partial charge on any atom is -0.462 e. The molecule has 0 aromatic rings. The van der Waals surface area contributed by atoms with Gasteiger partial charge in [-0.3, -0.25) is 23.4 Å². The summed E-state index contributed by atoms with van der Waals surface area (Å²) >= 11 is 0. The average molecular weight is 997 g/mol. The van der Waals surface area contributed by atoms with E-state index in [1.807, 2.05) is 0 Å². The first-order chi connectivity index (χ1) is 34.2. The predicted octanol–water partition coefficient (Wildman–Crippen LogP) is 15.2. The molecule has 0 aliphatic rings. The number of aliphatic hydroxyl groups is 1. The van der Waals surface area contributed by atoms with Gasteiger partial charge in [0.2, 0.25) is 0 Å². The van der Waals surface area contributed by atoms with Gasteiger partial charge in [0.15, 0.2) is 6.10 Å². The number of rotatable bonds is 47. The molecule has 0 rings (SSSR count). The molecule has 396 valence electrons. The Balaban J connectivity index is 4.87. The molecule has 0 spiro atoms. The topological polar surface area (TPSA) is 155 Å². The fourth-order valence-corrected chi connectivity index (χ4v) is 7.22. The third-order valence-electron chi connectivity index (χ3n) is 10.4. The highest BCUT2D eigenvalue weighted by atomic mass is 31.2. The van der Waals surface area contributed by atoms with Crippen molar-refractivity contribution in [2.75, 3.05) is 26.4 Å². The Labute approximate surface area is 424 Å². The molecule has 3 atom stereocenters. The molecule has 11 nitrogen and oxygen atoms in total. The monoisotopic (exact) mass is 997 g/mol. The molecule has 0 heterocycles. The maximum atomic E-state index is 12.9. The van der Waals surface area contributed by atoms with Crippen LogP contribution in [0.15, 0.2) is 122 Å². The lowest BCUT2D eigenvalue weighted by molar-refractivity contribution is -0.161. The fourth-order valence-electron chi connectivity index (χ4n) is 6.43. The highest BCUT2D eigenvalue weighted by Gasteiger charge is 2.28. The minimum atomic E-state index is -4.77. The molecule has 0 fully saturated rings. The lowest BCUT2D eigenvalue weighted by atomic mass is 10.1. The van der Waals surface area contributed by atoms with Gasteiger partial charge in [-0.25, -0.2) is 4.57 Å². The van der Waals surface area contributed by atoms with Crippen LogP contribution in [0.1, 0.15) is 188 Å². The van der Waals surface area contributed by atoms with Gasteiger partial charge in [0, 0.05) is 19.3 Å². The number of carbonyl (C=O) groups is 3. The first-order valence-electron chi connectivity index (χ1n) is 26.4. The molecule has 0 amide bonds. The van der Waals surface area contributed by atoms with Crippen LogP contribution >= 0.6 is 7.82 Å². The van der Waals surface area contributed by atoms with E-state index in [4.69, 9.17) is 23.3 Å². The van der Waals surface area contributed by atoms with Crippen molar-refractivity contribution in [1.29, 1.82) is 0 Å². The van der Waals surface area contributed by atoms with Crippen molar-refractivity contribution in [3.8, 4) is 0 Å². The second-order valence-corrected chi connectivity index (χ2v) is 18.3. The third-order valence-corrected chi connectivity index (χ3v) is 11.3. The number of carbonyl (C=O) groups excluding carboxylic acids is 3. The van der Waals surface area contributed by atoms with Gasteiger partial charge in [-0.1, -0.05) is 168 Å². The Kier molecular flexibility index (Phi) is 48.2. The molecule has 70 heavy (non-hydrogen) atoms. The van der Waals surface area contributed by atoms with Gasteiger partial charge in [-0.05, 0) is 122 Å². The number of hydrogen-bond acceptors (Lipinski definition) is 10. The summed E-state index contributed by atoms with van der Waals surface area (Å²) in [5.41, 5.74) is 0. The van der Waals surface area contributed by atoms with Gasteiger partial charge in [0.05, 0.1) is 19.8 Å². The van der Waals surface area contributed by atoms with Crippen molar-refractivity contribution < 1.29 is 52.2 Å². The second-order valence-electron chi connectivity index (χ2n) is 16.9. The van der Waals surface area contributed by atoms with E-state index in [0.29, 0.717) is 19.3 Å². The van der Waals surface area contributed by atoms with Crippen molar-refractivity contribution in [2.45, 2.75) is 200 Å². The number of allylic oxidation sites excluding steroid dienone is 20. The van der Waals surface area contributed by atoms with Gasteiger partial charge in [0.1, 0.15) is 12.7 Å². The van der Waals surface area contributed by atoms with Crippen LogP contribution in [0.4, 0.5) is 0 Å². The van der Waals surface area contributed by atoms with Crippen molar-refractivity contribution >= 4 is 25.7 Å². The predicted molar refractivity (Wildman–Crippen MR) is 288 cm³/mol. The van der Waals surface area contributed by atoms with E-state index in [-0.39, 0.29) is 25.9 Å². The summed E-state index contributed by atoms with van der Waals surface area (Å²) in [7, 11) is -4.77. The number of unbranched alkanes of at least 4 members (excludes halogenated alkanes) is 10. The normalized spacial score (nSPS) is 14.4. The van der Waals surface area contributed by atoms with E-state index < -0.39 is 57.8 Å². The number of esters is 3. The Bertz CT molecular complexity index is 1630. The van der Waals surface area contributed by atoms with Gasteiger partial charge >= 0.3 is 25.7 Å². The molecule has 0 saturated carbocycles. The number of hydrogen-bond donors (Lipinski definition) is 2. The summed E-state index contributed by atoms with van der Waals surface area (Å²) < 4.78 is 39.3.